The molecule has 0 saturated carbocycles. The SMILES string of the molecule is CC1(C)N=C(c2ccccc2)N(c2cccc(-c3ccc4c(c3)Oc3cccc5c3B4c3ccc(-c4cccc(N6C(c7ccccc7)=NC(C)(C)C6(C)C)c4)cc3O5)c2)C1(C)C. The Hall–Kier alpha value is -6.86. The normalized spacial score (nSPS) is 18.1. The van der Waals surface area contributed by atoms with Gasteiger partial charge in [-0.25, -0.2) is 0 Å². The first-order valence-corrected chi connectivity index (χ1v) is 22.1. The smallest absolute Gasteiger partial charge is 0.260 e. The molecule has 0 saturated heterocycles. The summed E-state index contributed by atoms with van der Waals surface area (Å²) in [6.07, 6.45) is 0. The van der Waals surface area contributed by atoms with Crippen LogP contribution in [0, 0.1) is 0 Å². The van der Waals surface area contributed by atoms with Crippen LogP contribution < -0.4 is 35.7 Å². The molecule has 4 heterocycles. The molecule has 0 radical (unpaired) electrons. The Labute approximate surface area is 371 Å². The van der Waals surface area contributed by atoms with Gasteiger partial charge in [0.25, 0.3) is 6.71 Å². The van der Waals surface area contributed by atoms with E-state index < -0.39 is 0 Å². The van der Waals surface area contributed by atoms with Crippen LogP contribution >= 0.6 is 0 Å². The van der Waals surface area contributed by atoms with Crippen LogP contribution in [0.3, 0.4) is 0 Å². The molecule has 0 aliphatic carbocycles. The van der Waals surface area contributed by atoms with Crippen LogP contribution in [-0.2, 0) is 0 Å². The summed E-state index contributed by atoms with van der Waals surface area (Å²) in [5.41, 5.74) is 11.1. The van der Waals surface area contributed by atoms with Crippen LogP contribution in [0.15, 0.2) is 174 Å². The van der Waals surface area contributed by atoms with Crippen LogP contribution in [-0.4, -0.2) is 40.5 Å². The Bertz CT molecular complexity index is 2840. The second-order valence-corrected chi connectivity index (χ2v) is 19.4. The number of aliphatic imine (C=N–C) groups is 2. The first kappa shape index (κ1) is 39.0. The number of nitrogens with zero attached hydrogens (tertiary/aromatic N) is 4. The van der Waals surface area contributed by atoms with Crippen LogP contribution in [0.4, 0.5) is 11.4 Å². The lowest BCUT2D eigenvalue weighted by Crippen LogP contribution is -2.57. The predicted octanol–water partition coefficient (Wildman–Crippen LogP) is 11.4. The van der Waals surface area contributed by atoms with Gasteiger partial charge in [-0.2, -0.15) is 0 Å². The van der Waals surface area contributed by atoms with E-state index in [-0.39, 0.29) is 28.9 Å². The molecule has 0 amide bonds. The third-order valence-corrected chi connectivity index (χ3v) is 14.6. The summed E-state index contributed by atoms with van der Waals surface area (Å²) in [6.45, 7) is 18.0. The van der Waals surface area contributed by atoms with Crippen LogP contribution in [0.1, 0.15) is 66.5 Å². The third-order valence-electron chi connectivity index (χ3n) is 14.6. The maximum atomic E-state index is 6.77. The fourth-order valence-electron chi connectivity index (χ4n) is 9.86. The number of rotatable bonds is 6. The molecule has 7 heteroatoms. The number of hydrogen-bond donors (Lipinski definition) is 0. The molecule has 6 nitrogen and oxygen atoms in total. The highest BCUT2D eigenvalue weighted by Gasteiger charge is 2.51. The van der Waals surface area contributed by atoms with Crippen molar-refractivity contribution in [2.75, 3.05) is 9.80 Å². The van der Waals surface area contributed by atoms with Crippen molar-refractivity contribution in [1.29, 1.82) is 0 Å². The third kappa shape index (κ3) is 6.00. The zero-order valence-electron chi connectivity index (χ0n) is 37.3. The average molecular weight is 823 g/mol. The molecule has 0 bridgehead atoms. The van der Waals surface area contributed by atoms with Gasteiger partial charge in [0.2, 0.25) is 0 Å². The molecular weight excluding hydrogens is 771 g/mol. The standard InChI is InChI=1S/C56H51BN4O2/c1-53(2)55(5,6)60(51(58-53)36-18-11-9-12-19-36)42-24-15-22-38(32-42)40-28-30-44-48(34-40)62-46-26-17-27-47-50(46)57(44)45-31-29-41(35-49(45)63-47)39-23-16-25-43(33-39)61-52(37-20-13-10-14-21-37)59-54(3,4)56(61,7)8/h9-35H,1-8H3. The van der Waals surface area contributed by atoms with Crippen LogP contribution in [0.2, 0.25) is 0 Å². The van der Waals surface area contributed by atoms with E-state index >= 15 is 0 Å². The minimum atomic E-state index is -0.297. The van der Waals surface area contributed by atoms with E-state index in [0.29, 0.717) is 0 Å². The summed E-state index contributed by atoms with van der Waals surface area (Å²) in [5.74, 6) is 5.36. The zero-order chi connectivity index (χ0) is 43.5. The largest absolute Gasteiger partial charge is 0.458 e. The summed E-state index contributed by atoms with van der Waals surface area (Å²) < 4.78 is 13.5. The fraction of sp³-hybridized carbons (Fsp3) is 0.214. The number of benzene rings is 7. The lowest BCUT2D eigenvalue weighted by atomic mass is 9.35. The van der Waals surface area contributed by atoms with Gasteiger partial charge in [-0.15, -0.1) is 0 Å². The highest BCUT2D eigenvalue weighted by atomic mass is 16.5. The summed E-state index contributed by atoms with van der Waals surface area (Å²) in [5, 5.41) is 0. The molecule has 7 aromatic carbocycles. The van der Waals surface area contributed by atoms with Gasteiger partial charge in [0.05, 0.1) is 22.2 Å². The molecule has 0 atom stereocenters. The topological polar surface area (TPSA) is 49.7 Å². The Morgan fingerprint density at radius 1 is 0.381 bits per heavy atom. The summed E-state index contributed by atoms with van der Waals surface area (Å²) in [6, 6.07) is 58.3. The Morgan fingerprint density at radius 2 is 0.762 bits per heavy atom. The van der Waals surface area contributed by atoms with Crippen molar-refractivity contribution in [3.63, 3.8) is 0 Å². The van der Waals surface area contributed by atoms with Crippen LogP contribution in [0.5, 0.6) is 23.0 Å². The van der Waals surface area contributed by atoms with Gasteiger partial charge in [0, 0.05) is 28.0 Å². The van der Waals surface area contributed by atoms with Crippen molar-refractivity contribution < 1.29 is 9.47 Å². The first-order chi connectivity index (χ1) is 30.2. The molecule has 0 N–H and O–H groups in total. The van der Waals surface area contributed by atoms with E-state index in [9.17, 15) is 0 Å². The quantitative estimate of drug-likeness (QED) is 0.157. The average Bonchev–Trinajstić information content (AvgIpc) is 3.61. The summed E-state index contributed by atoms with van der Waals surface area (Å²) >= 11 is 0. The second kappa shape index (κ2) is 13.8. The minimum absolute atomic E-state index is 0.0426. The highest BCUT2D eigenvalue weighted by Crippen LogP contribution is 2.45. The number of anilines is 2. The zero-order valence-corrected chi connectivity index (χ0v) is 37.3. The van der Waals surface area contributed by atoms with Gasteiger partial charge >= 0.3 is 0 Å². The van der Waals surface area contributed by atoms with E-state index in [2.05, 4.69) is 223 Å². The number of fused-ring (bicyclic) bond motifs is 4. The minimum Gasteiger partial charge on any atom is -0.458 e. The van der Waals surface area contributed by atoms with E-state index in [1.807, 2.05) is 6.07 Å². The van der Waals surface area contributed by atoms with E-state index in [4.69, 9.17) is 19.5 Å². The first-order valence-electron chi connectivity index (χ1n) is 22.1. The number of hydrogen-bond acceptors (Lipinski definition) is 6. The van der Waals surface area contributed by atoms with Crippen molar-refractivity contribution in [3.05, 3.63) is 175 Å². The number of amidine groups is 2. The lowest BCUT2D eigenvalue weighted by molar-refractivity contribution is 0.338. The lowest BCUT2D eigenvalue weighted by Gasteiger charge is -2.41. The van der Waals surface area contributed by atoms with Gasteiger partial charge in [0.15, 0.2) is 0 Å². The molecule has 7 aromatic rings. The summed E-state index contributed by atoms with van der Waals surface area (Å²) in [4.78, 5) is 15.4. The maximum Gasteiger partial charge on any atom is 0.260 e. The van der Waals surface area contributed by atoms with Crippen LogP contribution in [0.25, 0.3) is 22.3 Å². The van der Waals surface area contributed by atoms with Crippen molar-refractivity contribution in [3.8, 4) is 45.3 Å². The molecule has 4 aliphatic rings. The molecule has 4 aliphatic heterocycles. The van der Waals surface area contributed by atoms with Gasteiger partial charge in [-0.3, -0.25) is 9.98 Å². The highest BCUT2D eigenvalue weighted by molar-refractivity contribution is 6.98. The maximum absolute atomic E-state index is 6.77. The van der Waals surface area contributed by atoms with Crippen molar-refractivity contribution in [2.45, 2.75) is 77.5 Å². The van der Waals surface area contributed by atoms with E-state index in [1.165, 1.54) is 0 Å². The van der Waals surface area contributed by atoms with Gasteiger partial charge in [0.1, 0.15) is 34.7 Å². The molecular formula is C56H51BN4O2. The Kier molecular flexibility index (Phi) is 8.56. The van der Waals surface area contributed by atoms with Gasteiger partial charge in [-0.05, 0) is 137 Å². The molecule has 63 heavy (non-hydrogen) atoms. The predicted molar refractivity (Wildman–Crippen MR) is 262 cm³/mol. The molecule has 0 unspecified atom stereocenters. The molecule has 0 spiro atoms. The van der Waals surface area contributed by atoms with Gasteiger partial charge < -0.3 is 19.3 Å². The van der Waals surface area contributed by atoms with Crippen molar-refractivity contribution >= 4 is 46.1 Å². The molecule has 310 valence electrons. The fourth-order valence-corrected chi connectivity index (χ4v) is 9.86. The van der Waals surface area contributed by atoms with E-state index in [1.54, 1.807) is 0 Å². The van der Waals surface area contributed by atoms with Crippen molar-refractivity contribution in [2.24, 2.45) is 9.98 Å². The molecule has 0 fully saturated rings. The molecule has 11 rings (SSSR count). The van der Waals surface area contributed by atoms with E-state index in [0.717, 1.165) is 95.8 Å². The Balaban J connectivity index is 0.945. The number of ether oxygens (including phenoxy) is 2. The summed E-state index contributed by atoms with van der Waals surface area (Å²) in [7, 11) is 0. The Morgan fingerprint density at radius 3 is 1.19 bits per heavy atom. The van der Waals surface area contributed by atoms with Crippen molar-refractivity contribution in [1.82, 2.24) is 0 Å². The molecule has 0 aromatic heterocycles. The monoisotopic (exact) mass is 822 g/mol. The van der Waals surface area contributed by atoms with Gasteiger partial charge in [-0.1, -0.05) is 115 Å². The second-order valence-electron chi connectivity index (χ2n) is 19.4.